The molecule has 2 aromatic rings. The first-order chi connectivity index (χ1) is 10.0. The van der Waals surface area contributed by atoms with Gasteiger partial charge in [-0.1, -0.05) is 23.8 Å². The van der Waals surface area contributed by atoms with Crippen molar-refractivity contribution in [1.82, 2.24) is 0 Å². The van der Waals surface area contributed by atoms with Crippen LogP contribution in [0.3, 0.4) is 0 Å². The number of halogens is 1. The average molecular weight is 346 g/mol. The fourth-order valence-electron chi connectivity index (χ4n) is 2.22. The molecule has 1 amide bonds. The molecule has 0 unspecified atom stereocenters. The number of ketones is 1. The normalized spacial score (nSPS) is 13.1. The van der Waals surface area contributed by atoms with Gasteiger partial charge < -0.3 is 10.1 Å². The summed E-state index contributed by atoms with van der Waals surface area (Å²) >= 11 is 3.38. The van der Waals surface area contributed by atoms with Crippen molar-refractivity contribution in [2.24, 2.45) is 0 Å². The molecule has 21 heavy (non-hydrogen) atoms. The van der Waals surface area contributed by atoms with Crippen LogP contribution in [0.25, 0.3) is 0 Å². The first-order valence-electron chi connectivity index (χ1n) is 6.42. The molecule has 0 saturated heterocycles. The van der Waals surface area contributed by atoms with Gasteiger partial charge >= 0.3 is 0 Å². The van der Waals surface area contributed by atoms with Gasteiger partial charge in [0, 0.05) is 15.6 Å². The third kappa shape index (κ3) is 2.69. The van der Waals surface area contributed by atoms with E-state index in [-0.39, 0.29) is 18.3 Å². The van der Waals surface area contributed by atoms with E-state index in [0.29, 0.717) is 27.0 Å². The molecule has 1 aliphatic heterocycles. The lowest BCUT2D eigenvalue weighted by Crippen LogP contribution is -2.25. The second kappa shape index (κ2) is 5.33. The molecule has 0 aromatic heterocycles. The third-order valence-corrected chi connectivity index (χ3v) is 3.88. The summed E-state index contributed by atoms with van der Waals surface area (Å²) in [6.07, 6.45) is 0. The van der Waals surface area contributed by atoms with Crippen LogP contribution in [0.2, 0.25) is 0 Å². The molecule has 0 spiro atoms. The Balaban J connectivity index is 2.03. The lowest BCUT2D eigenvalue weighted by Gasteiger charge is -2.19. The molecule has 0 radical (unpaired) electrons. The van der Waals surface area contributed by atoms with Crippen molar-refractivity contribution >= 4 is 33.3 Å². The first kappa shape index (κ1) is 13.8. The van der Waals surface area contributed by atoms with Crippen molar-refractivity contribution in [3.05, 3.63) is 57.6 Å². The molecule has 0 fully saturated rings. The van der Waals surface area contributed by atoms with Crippen LogP contribution in [-0.4, -0.2) is 18.3 Å². The summed E-state index contributed by atoms with van der Waals surface area (Å²) in [5, 5.41) is 2.71. The monoisotopic (exact) mass is 345 g/mol. The molecule has 0 saturated carbocycles. The molecule has 0 bridgehead atoms. The smallest absolute Gasteiger partial charge is 0.262 e. The lowest BCUT2D eigenvalue weighted by atomic mass is 10.0. The summed E-state index contributed by atoms with van der Waals surface area (Å²) in [6, 6.07) is 10.8. The van der Waals surface area contributed by atoms with Gasteiger partial charge in [-0.15, -0.1) is 0 Å². The quantitative estimate of drug-likeness (QED) is 0.849. The maximum absolute atomic E-state index is 12.6. The van der Waals surface area contributed by atoms with E-state index in [9.17, 15) is 9.59 Å². The van der Waals surface area contributed by atoms with Crippen molar-refractivity contribution in [2.45, 2.75) is 6.92 Å². The summed E-state index contributed by atoms with van der Waals surface area (Å²) in [4.78, 5) is 23.9. The highest BCUT2D eigenvalue weighted by atomic mass is 79.9. The Labute approximate surface area is 130 Å². The molecular formula is C16H12BrNO3. The molecule has 0 atom stereocenters. The Kier molecular flexibility index (Phi) is 3.51. The van der Waals surface area contributed by atoms with E-state index in [4.69, 9.17) is 4.74 Å². The summed E-state index contributed by atoms with van der Waals surface area (Å²) in [5.41, 5.74) is 2.73. The van der Waals surface area contributed by atoms with E-state index < -0.39 is 0 Å². The first-order valence-corrected chi connectivity index (χ1v) is 7.21. The summed E-state index contributed by atoms with van der Waals surface area (Å²) in [6.45, 7) is 1.91. The van der Waals surface area contributed by atoms with Gasteiger partial charge in [0.25, 0.3) is 5.91 Å². The number of anilines is 1. The second-order valence-electron chi connectivity index (χ2n) is 4.86. The van der Waals surface area contributed by atoms with E-state index in [0.717, 1.165) is 5.56 Å². The van der Waals surface area contributed by atoms with Crippen molar-refractivity contribution in [3.8, 4) is 5.75 Å². The van der Waals surface area contributed by atoms with Crippen LogP contribution in [0.15, 0.2) is 40.9 Å². The fraction of sp³-hybridized carbons (Fsp3) is 0.125. The number of fused-ring (bicyclic) bond motifs is 1. The van der Waals surface area contributed by atoms with Gasteiger partial charge in [0.15, 0.2) is 12.4 Å². The number of nitrogens with one attached hydrogen (secondary N) is 1. The molecule has 106 valence electrons. The molecule has 4 nitrogen and oxygen atoms in total. The van der Waals surface area contributed by atoms with Crippen LogP contribution >= 0.6 is 15.9 Å². The number of amides is 1. The molecule has 2 aromatic carbocycles. The second-order valence-corrected chi connectivity index (χ2v) is 5.72. The molecule has 1 N–H and O–H groups in total. The number of ether oxygens (including phenoxy) is 1. The van der Waals surface area contributed by atoms with Crippen LogP contribution in [0.4, 0.5) is 5.69 Å². The predicted octanol–water partition coefficient (Wildman–Crippen LogP) is 3.32. The molecular weight excluding hydrogens is 334 g/mol. The van der Waals surface area contributed by atoms with Crippen molar-refractivity contribution in [2.75, 3.05) is 11.9 Å². The largest absolute Gasteiger partial charge is 0.482 e. The highest BCUT2D eigenvalue weighted by molar-refractivity contribution is 9.10. The van der Waals surface area contributed by atoms with Gasteiger partial charge in [-0.05, 0) is 41.1 Å². The number of hydrogen-bond donors (Lipinski definition) is 1. The topological polar surface area (TPSA) is 55.4 Å². The van der Waals surface area contributed by atoms with Gasteiger partial charge in [-0.3, -0.25) is 9.59 Å². The summed E-state index contributed by atoms with van der Waals surface area (Å²) < 4.78 is 5.98. The standard InChI is InChI=1S/C16H12BrNO3/c1-9-3-2-4-10(5-9)16(20)11-6-14-13(7-12(11)17)18-15(19)8-21-14/h2-7H,8H2,1H3,(H,18,19). The number of benzene rings is 2. The van der Waals surface area contributed by atoms with E-state index in [1.54, 1.807) is 18.2 Å². The summed E-state index contributed by atoms with van der Waals surface area (Å²) in [5.74, 6) is 0.217. The predicted molar refractivity (Wildman–Crippen MR) is 82.9 cm³/mol. The van der Waals surface area contributed by atoms with Gasteiger partial charge in [0.2, 0.25) is 0 Å². The zero-order valence-corrected chi connectivity index (χ0v) is 12.9. The number of carbonyl (C=O) groups excluding carboxylic acids is 2. The fourth-order valence-corrected chi connectivity index (χ4v) is 2.74. The Morgan fingerprint density at radius 1 is 1.29 bits per heavy atom. The van der Waals surface area contributed by atoms with E-state index in [1.165, 1.54) is 0 Å². The molecule has 3 rings (SSSR count). The van der Waals surface area contributed by atoms with Gasteiger partial charge in [0.05, 0.1) is 5.69 Å². The van der Waals surface area contributed by atoms with Crippen molar-refractivity contribution in [3.63, 3.8) is 0 Å². The maximum Gasteiger partial charge on any atom is 0.262 e. The van der Waals surface area contributed by atoms with Gasteiger partial charge in [0.1, 0.15) is 5.75 Å². The van der Waals surface area contributed by atoms with E-state index in [2.05, 4.69) is 21.2 Å². The SMILES string of the molecule is Cc1cccc(C(=O)c2cc3c(cc2Br)NC(=O)CO3)c1. The maximum atomic E-state index is 12.6. The Hall–Kier alpha value is -2.14. The third-order valence-electron chi connectivity index (χ3n) is 3.23. The van der Waals surface area contributed by atoms with Crippen molar-refractivity contribution < 1.29 is 14.3 Å². The number of hydrogen-bond acceptors (Lipinski definition) is 3. The highest BCUT2D eigenvalue weighted by Gasteiger charge is 2.21. The van der Waals surface area contributed by atoms with Crippen LogP contribution in [-0.2, 0) is 4.79 Å². The minimum Gasteiger partial charge on any atom is -0.482 e. The van der Waals surface area contributed by atoms with Gasteiger partial charge in [-0.25, -0.2) is 0 Å². The van der Waals surface area contributed by atoms with E-state index >= 15 is 0 Å². The lowest BCUT2D eigenvalue weighted by molar-refractivity contribution is -0.118. The summed E-state index contributed by atoms with van der Waals surface area (Å²) in [7, 11) is 0. The Morgan fingerprint density at radius 3 is 2.86 bits per heavy atom. The van der Waals surface area contributed by atoms with Gasteiger partial charge in [-0.2, -0.15) is 0 Å². The van der Waals surface area contributed by atoms with E-state index in [1.807, 2.05) is 25.1 Å². The number of carbonyl (C=O) groups is 2. The molecule has 1 heterocycles. The van der Waals surface area contributed by atoms with Crippen LogP contribution in [0.5, 0.6) is 5.75 Å². The zero-order valence-electron chi connectivity index (χ0n) is 11.3. The number of aryl methyl sites for hydroxylation is 1. The highest BCUT2D eigenvalue weighted by Crippen LogP contribution is 2.34. The van der Waals surface area contributed by atoms with Crippen LogP contribution in [0, 0.1) is 6.92 Å². The zero-order chi connectivity index (χ0) is 15.0. The van der Waals surface area contributed by atoms with Crippen LogP contribution < -0.4 is 10.1 Å². The number of rotatable bonds is 2. The minimum atomic E-state index is -0.202. The van der Waals surface area contributed by atoms with Crippen LogP contribution in [0.1, 0.15) is 21.5 Å². The Bertz CT molecular complexity index is 755. The molecule has 1 aliphatic rings. The minimum absolute atomic E-state index is 0.0350. The average Bonchev–Trinajstić information content (AvgIpc) is 2.45. The van der Waals surface area contributed by atoms with Crippen molar-refractivity contribution in [1.29, 1.82) is 0 Å². The molecule has 5 heteroatoms. The Morgan fingerprint density at radius 2 is 2.10 bits per heavy atom. The molecule has 0 aliphatic carbocycles.